The van der Waals surface area contributed by atoms with Crippen molar-refractivity contribution in [3.8, 4) is 0 Å². The van der Waals surface area contributed by atoms with Crippen molar-refractivity contribution in [2.24, 2.45) is 0 Å². The first kappa shape index (κ1) is 9.85. The van der Waals surface area contributed by atoms with Crippen LogP contribution in [-0.4, -0.2) is 11.1 Å². The summed E-state index contributed by atoms with van der Waals surface area (Å²) in [6.07, 6.45) is 2.69. The van der Waals surface area contributed by atoms with Gasteiger partial charge in [-0.25, -0.2) is 0 Å². The Hall–Kier alpha value is -1.35. The highest BCUT2D eigenvalue weighted by molar-refractivity contribution is 7.17. The molecule has 1 fully saturated rings. The van der Waals surface area contributed by atoms with E-state index in [0.29, 0.717) is 0 Å². The van der Waals surface area contributed by atoms with Crippen LogP contribution in [0.15, 0.2) is 23.6 Å². The second-order valence-corrected chi connectivity index (χ2v) is 5.28. The molecule has 0 bridgehead atoms. The highest BCUT2D eigenvalue weighted by Crippen LogP contribution is 2.45. The van der Waals surface area contributed by atoms with Gasteiger partial charge in [-0.05, 0) is 52.8 Å². The fourth-order valence-electron chi connectivity index (χ4n) is 2.09. The van der Waals surface area contributed by atoms with Crippen LogP contribution in [0.3, 0.4) is 0 Å². The van der Waals surface area contributed by atoms with E-state index in [0.717, 1.165) is 11.5 Å². The lowest BCUT2D eigenvalue weighted by molar-refractivity contribution is -0.136. The number of carboxylic acid groups (broad SMARTS) is 1. The number of carbonyl (C=O) groups is 1. The third-order valence-corrected chi connectivity index (χ3v) is 4.02. The fraction of sp³-hybridized carbons (Fsp3) is 0.308. The van der Waals surface area contributed by atoms with Crippen LogP contribution < -0.4 is 0 Å². The highest BCUT2D eigenvalue weighted by Gasteiger charge is 2.26. The first-order valence-electron chi connectivity index (χ1n) is 5.46. The summed E-state index contributed by atoms with van der Waals surface area (Å²) in [6.45, 7) is 0. The molecule has 1 aromatic heterocycles. The fourth-order valence-corrected chi connectivity index (χ4v) is 3.11. The van der Waals surface area contributed by atoms with Crippen LogP contribution in [0, 0.1) is 0 Å². The Balaban J connectivity index is 2.06. The van der Waals surface area contributed by atoms with E-state index in [2.05, 4.69) is 5.38 Å². The number of hydrogen-bond donors (Lipinski definition) is 1. The van der Waals surface area contributed by atoms with E-state index in [-0.39, 0.29) is 6.42 Å². The molecule has 16 heavy (non-hydrogen) atoms. The summed E-state index contributed by atoms with van der Waals surface area (Å²) < 4.78 is 1.27. The molecule has 0 saturated heterocycles. The Kier molecular flexibility index (Phi) is 2.21. The molecule has 82 valence electrons. The maximum atomic E-state index is 10.7. The van der Waals surface area contributed by atoms with Crippen LogP contribution in [0.2, 0.25) is 0 Å². The lowest BCUT2D eigenvalue weighted by Crippen LogP contribution is -1.99. The standard InChI is InChI=1S/C13H12O2S/c14-13(15)6-8-1-4-12-10(5-8)11(7-16-12)9-2-3-9/h1,4-5,7,9H,2-3,6H2,(H,14,15). The summed E-state index contributed by atoms with van der Waals surface area (Å²) in [5, 5.41) is 12.3. The smallest absolute Gasteiger partial charge is 0.307 e. The van der Waals surface area contributed by atoms with Crippen molar-refractivity contribution >= 4 is 27.4 Å². The zero-order chi connectivity index (χ0) is 11.1. The van der Waals surface area contributed by atoms with Gasteiger partial charge in [0.25, 0.3) is 0 Å². The van der Waals surface area contributed by atoms with Crippen LogP contribution in [-0.2, 0) is 11.2 Å². The molecule has 0 unspecified atom stereocenters. The van der Waals surface area contributed by atoms with Gasteiger partial charge in [0.15, 0.2) is 0 Å². The van der Waals surface area contributed by atoms with Crippen molar-refractivity contribution in [2.45, 2.75) is 25.2 Å². The van der Waals surface area contributed by atoms with Crippen molar-refractivity contribution in [2.75, 3.05) is 0 Å². The average Bonchev–Trinajstić information content (AvgIpc) is 2.98. The van der Waals surface area contributed by atoms with Crippen molar-refractivity contribution in [1.29, 1.82) is 0 Å². The van der Waals surface area contributed by atoms with Gasteiger partial charge in [0.2, 0.25) is 0 Å². The number of hydrogen-bond acceptors (Lipinski definition) is 2. The van der Waals surface area contributed by atoms with Gasteiger partial charge in [-0.15, -0.1) is 11.3 Å². The van der Waals surface area contributed by atoms with Crippen molar-refractivity contribution in [3.05, 3.63) is 34.7 Å². The van der Waals surface area contributed by atoms with Crippen LogP contribution in [0.25, 0.3) is 10.1 Å². The van der Waals surface area contributed by atoms with Crippen molar-refractivity contribution in [1.82, 2.24) is 0 Å². The summed E-state index contributed by atoms with van der Waals surface area (Å²) in [6, 6.07) is 6.02. The zero-order valence-electron chi connectivity index (χ0n) is 8.77. The van der Waals surface area contributed by atoms with Crippen molar-refractivity contribution in [3.63, 3.8) is 0 Å². The molecule has 1 aromatic carbocycles. The summed E-state index contributed by atoms with van der Waals surface area (Å²) in [7, 11) is 0. The lowest BCUT2D eigenvalue weighted by atomic mass is 10.1. The Labute approximate surface area is 97.5 Å². The molecule has 0 amide bonds. The molecule has 3 rings (SSSR count). The molecule has 2 aromatic rings. The molecule has 3 heteroatoms. The van der Waals surface area contributed by atoms with E-state index < -0.39 is 5.97 Å². The van der Waals surface area contributed by atoms with Gasteiger partial charge in [-0.2, -0.15) is 0 Å². The number of aliphatic carboxylic acids is 1. The first-order chi connectivity index (χ1) is 7.74. The number of carboxylic acids is 1. The maximum Gasteiger partial charge on any atom is 0.307 e. The van der Waals surface area contributed by atoms with Gasteiger partial charge in [-0.3, -0.25) is 4.79 Å². The molecule has 1 aliphatic carbocycles. The van der Waals surface area contributed by atoms with Crippen LogP contribution >= 0.6 is 11.3 Å². The van der Waals surface area contributed by atoms with Crippen LogP contribution in [0.1, 0.15) is 29.9 Å². The van der Waals surface area contributed by atoms with E-state index in [1.165, 1.54) is 28.5 Å². The summed E-state index contributed by atoms with van der Waals surface area (Å²) in [5.74, 6) is -0.0311. The Morgan fingerprint density at radius 2 is 2.25 bits per heavy atom. The molecule has 1 saturated carbocycles. The predicted molar refractivity (Wildman–Crippen MR) is 65.1 cm³/mol. The molecule has 0 radical (unpaired) electrons. The Morgan fingerprint density at radius 1 is 1.44 bits per heavy atom. The Morgan fingerprint density at radius 3 is 2.94 bits per heavy atom. The van der Waals surface area contributed by atoms with Crippen LogP contribution in [0.4, 0.5) is 0 Å². The first-order valence-corrected chi connectivity index (χ1v) is 6.34. The van der Waals surface area contributed by atoms with E-state index >= 15 is 0 Å². The van der Waals surface area contributed by atoms with Crippen LogP contribution in [0.5, 0.6) is 0 Å². The van der Waals surface area contributed by atoms with E-state index in [4.69, 9.17) is 5.11 Å². The quantitative estimate of drug-likeness (QED) is 0.880. The maximum absolute atomic E-state index is 10.7. The van der Waals surface area contributed by atoms with E-state index in [1.807, 2.05) is 18.2 Å². The molecular formula is C13H12O2S. The molecule has 0 aliphatic heterocycles. The molecule has 0 spiro atoms. The third-order valence-electron chi connectivity index (χ3n) is 3.04. The zero-order valence-corrected chi connectivity index (χ0v) is 9.59. The van der Waals surface area contributed by atoms with Gasteiger partial charge < -0.3 is 5.11 Å². The minimum Gasteiger partial charge on any atom is -0.481 e. The van der Waals surface area contributed by atoms with Gasteiger partial charge in [-0.1, -0.05) is 6.07 Å². The van der Waals surface area contributed by atoms with Gasteiger partial charge >= 0.3 is 5.97 Å². The monoisotopic (exact) mass is 232 g/mol. The second kappa shape index (κ2) is 3.59. The molecule has 1 aliphatic rings. The van der Waals surface area contributed by atoms with Gasteiger partial charge in [0.1, 0.15) is 0 Å². The third kappa shape index (κ3) is 1.71. The topological polar surface area (TPSA) is 37.3 Å². The summed E-state index contributed by atoms with van der Waals surface area (Å²) >= 11 is 1.76. The second-order valence-electron chi connectivity index (χ2n) is 4.37. The number of fused-ring (bicyclic) bond motifs is 1. The molecule has 1 N–H and O–H groups in total. The number of rotatable bonds is 3. The molecule has 2 nitrogen and oxygen atoms in total. The summed E-state index contributed by atoms with van der Waals surface area (Å²) in [5.41, 5.74) is 2.33. The molecular weight excluding hydrogens is 220 g/mol. The van der Waals surface area contributed by atoms with Gasteiger partial charge in [0.05, 0.1) is 6.42 Å². The molecule has 1 heterocycles. The predicted octanol–water partition coefficient (Wildman–Crippen LogP) is 3.41. The SMILES string of the molecule is O=C(O)Cc1ccc2scc(C3CC3)c2c1. The normalized spacial score (nSPS) is 15.5. The minimum absolute atomic E-state index is 0.121. The van der Waals surface area contributed by atoms with E-state index in [1.54, 1.807) is 11.3 Å². The number of thiophene rings is 1. The number of benzene rings is 1. The minimum atomic E-state index is -0.762. The lowest BCUT2D eigenvalue weighted by Gasteiger charge is -1.99. The largest absolute Gasteiger partial charge is 0.481 e. The van der Waals surface area contributed by atoms with Crippen molar-refractivity contribution < 1.29 is 9.90 Å². The van der Waals surface area contributed by atoms with Gasteiger partial charge in [0, 0.05) is 4.70 Å². The Bertz CT molecular complexity index is 552. The summed E-state index contributed by atoms with van der Waals surface area (Å²) in [4.78, 5) is 10.7. The highest BCUT2D eigenvalue weighted by atomic mass is 32.1. The molecule has 0 atom stereocenters. The average molecular weight is 232 g/mol. The van der Waals surface area contributed by atoms with E-state index in [9.17, 15) is 4.79 Å².